The molecule has 0 saturated carbocycles. The highest BCUT2D eigenvalue weighted by atomic mass is 19.4. The summed E-state index contributed by atoms with van der Waals surface area (Å²) in [5, 5.41) is 8.70. The molecule has 1 aromatic carbocycles. The Morgan fingerprint density at radius 3 is 2.79 bits per heavy atom. The van der Waals surface area contributed by atoms with E-state index in [9.17, 15) is 18.0 Å². The summed E-state index contributed by atoms with van der Waals surface area (Å²) in [4.78, 5) is 14.5. The zero-order valence-corrected chi connectivity index (χ0v) is 9.65. The Bertz CT molecular complexity index is 525. The van der Waals surface area contributed by atoms with Gasteiger partial charge in [0, 0.05) is 6.42 Å². The molecule has 19 heavy (non-hydrogen) atoms. The van der Waals surface area contributed by atoms with E-state index in [0.29, 0.717) is 5.56 Å². The molecule has 2 rings (SSSR count). The molecule has 102 valence electrons. The minimum absolute atomic E-state index is 0.0103. The number of nitrogens with zero attached hydrogens (tertiary/aromatic N) is 1. The molecule has 1 aliphatic heterocycles. The zero-order chi connectivity index (χ0) is 14.0. The number of ether oxygens (including phenoxy) is 1. The fourth-order valence-electron chi connectivity index (χ4n) is 1.68. The van der Waals surface area contributed by atoms with Gasteiger partial charge in [0.05, 0.1) is 12.1 Å². The van der Waals surface area contributed by atoms with Crippen LogP contribution in [0.5, 0.6) is 0 Å². The molecule has 0 amide bonds. The maximum Gasteiger partial charge on any atom is 0.416 e. The van der Waals surface area contributed by atoms with E-state index < -0.39 is 23.8 Å². The topological polar surface area (TPSA) is 58.9 Å². The monoisotopic (exact) mass is 273 g/mol. The third-order valence-electron chi connectivity index (χ3n) is 2.60. The number of carboxylic acid groups (broad SMARTS) is 1. The van der Waals surface area contributed by atoms with E-state index in [1.165, 1.54) is 12.1 Å². The van der Waals surface area contributed by atoms with Gasteiger partial charge < -0.3 is 9.84 Å². The maximum atomic E-state index is 12.5. The van der Waals surface area contributed by atoms with Crippen LogP contribution in [0.1, 0.15) is 11.1 Å². The van der Waals surface area contributed by atoms with Crippen molar-refractivity contribution in [2.24, 2.45) is 4.99 Å². The number of carbonyl (C=O) groups is 1. The largest absolute Gasteiger partial charge is 0.478 e. The van der Waals surface area contributed by atoms with Gasteiger partial charge in [0.15, 0.2) is 5.90 Å². The molecular weight excluding hydrogens is 263 g/mol. The van der Waals surface area contributed by atoms with Crippen molar-refractivity contribution >= 4 is 11.9 Å². The smallest absolute Gasteiger partial charge is 0.416 e. The molecule has 7 heteroatoms. The van der Waals surface area contributed by atoms with Crippen LogP contribution in [0.2, 0.25) is 0 Å². The molecule has 4 nitrogen and oxygen atoms in total. The standard InChI is InChI=1S/C12H10F3NO3/c13-12(14,15)8-3-1-2-7(4-8)5-10-16-6-9(19-10)11(17)18/h1-4,9H,5-6H2,(H,17,18). The Morgan fingerprint density at radius 2 is 2.21 bits per heavy atom. The van der Waals surface area contributed by atoms with Crippen molar-refractivity contribution in [2.45, 2.75) is 18.7 Å². The average molecular weight is 273 g/mol. The Kier molecular flexibility index (Phi) is 3.46. The van der Waals surface area contributed by atoms with Crippen molar-refractivity contribution in [3.63, 3.8) is 0 Å². The van der Waals surface area contributed by atoms with Crippen LogP contribution in [-0.4, -0.2) is 29.6 Å². The van der Waals surface area contributed by atoms with Gasteiger partial charge in [0.25, 0.3) is 0 Å². The quantitative estimate of drug-likeness (QED) is 0.917. The van der Waals surface area contributed by atoms with Gasteiger partial charge in [-0.15, -0.1) is 0 Å². The average Bonchev–Trinajstić information content (AvgIpc) is 2.77. The van der Waals surface area contributed by atoms with Crippen LogP contribution in [0.3, 0.4) is 0 Å². The molecule has 0 aromatic heterocycles. The summed E-state index contributed by atoms with van der Waals surface area (Å²) in [6.07, 6.45) is -5.40. The molecule has 0 spiro atoms. The number of aliphatic carboxylic acids is 1. The first-order valence-corrected chi connectivity index (χ1v) is 5.45. The molecule has 0 fully saturated rings. The fourth-order valence-corrected chi connectivity index (χ4v) is 1.68. The molecule has 1 aromatic rings. The predicted molar refractivity (Wildman–Crippen MR) is 60.0 cm³/mol. The first-order chi connectivity index (χ1) is 8.86. The Morgan fingerprint density at radius 1 is 1.47 bits per heavy atom. The summed E-state index contributed by atoms with van der Waals surface area (Å²) in [6.45, 7) is -0.0103. The molecule has 1 heterocycles. The van der Waals surface area contributed by atoms with Crippen LogP contribution in [0.4, 0.5) is 13.2 Å². The van der Waals surface area contributed by atoms with Gasteiger partial charge >= 0.3 is 12.1 Å². The second-order valence-corrected chi connectivity index (χ2v) is 4.05. The Hall–Kier alpha value is -2.05. The SMILES string of the molecule is O=C(O)C1CN=C(Cc2cccc(C(F)(F)F)c2)O1. The van der Waals surface area contributed by atoms with Gasteiger partial charge in [0.1, 0.15) is 0 Å². The fraction of sp³-hybridized carbons (Fsp3) is 0.333. The summed E-state index contributed by atoms with van der Waals surface area (Å²) in [6, 6.07) is 4.78. The summed E-state index contributed by atoms with van der Waals surface area (Å²) >= 11 is 0. The minimum Gasteiger partial charge on any atom is -0.478 e. The molecule has 0 aliphatic carbocycles. The van der Waals surface area contributed by atoms with E-state index in [4.69, 9.17) is 9.84 Å². The van der Waals surface area contributed by atoms with Crippen molar-refractivity contribution in [2.75, 3.05) is 6.54 Å². The summed E-state index contributed by atoms with van der Waals surface area (Å²) in [7, 11) is 0. The number of carboxylic acids is 1. The number of hydrogen-bond acceptors (Lipinski definition) is 3. The van der Waals surface area contributed by atoms with Gasteiger partial charge in [-0.25, -0.2) is 4.79 Å². The van der Waals surface area contributed by atoms with Crippen LogP contribution in [-0.2, 0) is 22.1 Å². The van der Waals surface area contributed by atoms with E-state index in [0.717, 1.165) is 12.1 Å². The van der Waals surface area contributed by atoms with E-state index in [1.807, 2.05) is 0 Å². The summed E-state index contributed by atoms with van der Waals surface area (Å²) in [5.41, 5.74) is -0.377. The maximum absolute atomic E-state index is 12.5. The Labute approximate surface area is 106 Å². The number of alkyl halides is 3. The van der Waals surface area contributed by atoms with Gasteiger partial charge in [-0.05, 0) is 11.6 Å². The van der Waals surface area contributed by atoms with Crippen molar-refractivity contribution in [1.82, 2.24) is 0 Å². The number of halogens is 3. The Balaban J connectivity index is 2.07. The lowest BCUT2D eigenvalue weighted by molar-refractivity contribution is -0.144. The summed E-state index contributed by atoms with van der Waals surface area (Å²) in [5.74, 6) is -0.991. The van der Waals surface area contributed by atoms with Gasteiger partial charge in [-0.3, -0.25) is 4.99 Å². The van der Waals surface area contributed by atoms with Crippen molar-refractivity contribution in [3.05, 3.63) is 35.4 Å². The first-order valence-electron chi connectivity index (χ1n) is 5.45. The lowest BCUT2D eigenvalue weighted by Crippen LogP contribution is -2.24. The normalized spacial score (nSPS) is 18.9. The number of hydrogen-bond donors (Lipinski definition) is 1. The zero-order valence-electron chi connectivity index (χ0n) is 9.65. The van der Waals surface area contributed by atoms with Crippen LogP contribution < -0.4 is 0 Å². The molecule has 1 unspecified atom stereocenters. The molecule has 1 N–H and O–H groups in total. The molecule has 0 saturated heterocycles. The minimum atomic E-state index is -4.40. The highest BCUT2D eigenvalue weighted by molar-refractivity contribution is 5.85. The van der Waals surface area contributed by atoms with Crippen molar-refractivity contribution in [1.29, 1.82) is 0 Å². The number of benzene rings is 1. The second-order valence-electron chi connectivity index (χ2n) is 4.05. The third kappa shape index (κ3) is 3.24. The van der Waals surface area contributed by atoms with E-state index in [-0.39, 0.29) is 18.9 Å². The third-order valence-corrected chi connectivity index (χ3v) is 2.60. The van der Waals surface area contributed by atoms with Crippen LogP contribution in [0.25, 0.3) is 0 Å². The van der Waals surface area contributed by atoms with E-state index in [2.05, 4.69) is 4.99 Å². The predicted octanol–water partition coefficient (Wildman–Crippen LogP) is 2.13. The van der Waals surface area contributed by atoms with Crippen LogP contribution in [0.15, 0.2) is 29.3 Å². The van der Waals surface area contributed by atoms with E-state index >= 15 is 0 Å². The molecule has 0 radical (unpaired) electrons. The summed E-state index contributed by atoms with van der Waals surface area (Å²) < 4.78 is 42.6. The van der Waals surface area contributed by atoms with Crippen LogP contribution in [0, 0.1) is 0 Å². The number of rotatable bonds is 3. The highest BCUT2D eigenvalue weighted by Gasteiger charge is 2.31. The molecule has 1 atom stereocenters. The van der Waals surface area contributed by atoms with Gasteiger partial charge in [0.2, 0.25) is 6.10 Å². The van der Waals surface area contributed by atoms with Gasteiger partial charge in [-0.2, -0.15) is 13.2 Å². The molecule has 0 bridgehead atoms. The van der Waals surface area contributed by atoms with E-state index in [1.54, 1.807) is 0 Å². The van der Waals surface area contributed by atoms with Gasteiger partial charge in [-0.1, -0.05) is 18.2 Å². The second kappa shape index (κ2) is 4.91. The highest BCUT2D eigenvalue weighted by Crippen LogP contribution is 2.29. The van der Waals surface area contributed by atoms with Crippen LogP contribution >= 0.6 is 0 Å². The lowest BCUT2D eigenvalue weighted by Gasteiger charge is -2.09. The molecular formula is C12H10F3NO3. The molecule has 1 aliphatic rings. The first kappa shape index (κ1) is 13.4. The number of aliphatic imine (C=N–C) groups is 1. The lowest BCUT2D eigenvalue weighted by atomic mass is 10.1. The van der Waals surface area contributed by atoms with Crippen molar-refractivity contribution < 1.29 is 27.8 Å². The van der Waals surface area contributed by atoms with Crippen molar-refractivity contribution in [3.8, 4) is 0 Å².